The highest BCUT2D eigenvalue weighted by Gasteiger charge is 2.24. The Labute approximate surface area is 126 Å². The SMILES string of the molecule is CCCc1c(NC)ncnc1-c1ccccc1C1CCC1. The molecule has 0 radical (unpaired) electrons. The summed E-state index contributed by atoms with van der Waals surface area (Å²) >= 11 is 0. The molecule has 21 heavy (non-hydrogen) atoms. The second kappa shape index (κ2) is 6.25. The zero-order chi connectivity index (χ0) is 14.7. The Morgan fingerprint density at radius 3 is 2.67 bits per heavy atom. The number of rotatable bonds is 5. The van der Waals surface area contributed by atoms with Crippen LogP contribution in [-0.4, -0.2) is 17.0 Å². The molecule has 0 unspecified atom stereocenters. The summed E-state index contributed by atoms with van der Waals surface area (Å²) in [6, 6.07) is 8.76. The molecule has 1 aliphatic rings. The second-order valence-electron chi connectivity index (χ2n) is 5.76. The topological polar surface area (TPSA) is 37.8 Å². The Morgan fingerprint density at radius 2 is 2.00 bits per heavy atom. The van der Waals surface area contributed by atoms with Crippen LogP contribution in [0.1, 0.15) is 49.7 Å². The van der Waals surface area contributed by atoms with Crippen molar-refractivity contribution in [3.63, 3.8) is 0 Å². The van der Waals surface area contributed by atoms with Gasteiger partial charge in [-0.3, -0.25) is 0 Å². The van der Waals surface area contributed by atoms with E-state index in [-0.39, 0.29) is 0 Å². The van der Waals surface area contributed by atoms with E-state index in [9.17, 15) is 0 Å². The number of nitrogens with zero attached hydrogens (tertiary/aromatic N) is 2. The molecule has 1 aromatic heterocycles. The highest BCUT2D eigenvalue weighted by molar-refractivity contribution is 5.71. The Hall–Kier alpha value is -1.90. The van der Waals surface area contributed by atoms with E-state index in [2.05, 4.69) is 46.5 Å². The molecule has 1 fully saturated rings. The van der Waals surface area contributed by atoms with Crippen LogP contribution in [0.15, 0.2) is 30.6 Å². The van der Waals surface area contributed by atoms with Crippen LogP contribution in [0.25, 0.3) is 11.3 Å². The maximum atomic E-state index is 4.63. The molecule has 0 saturated heterocycles. The Morgan fingerprint density at radius 1 is 1.19 bits per heavy atom. The maximum Gasteiger partial charge on any atom is 0.132 e. The summed E-state index contributed by atoms with van der Waals surface area (Å²) in [5, 5.41) is 3.22. The average Bonchev–Trinajstić information content (AvgIpc) is 2.47. The second-order valence-corrected chi connectivity index (χ2v) is 5.76. The molecule has 1 heterocycles. The van der Waals surface area contributed by atoms with Crippen LogP contribution >= 0.6 is 0 Å². The van der Waals surface area contributed by atoms with E-state index < -0.39 is 0 Å². The molecule has 3 nitrogen and oxygen atoms in total. The molecule has 0 spiro atoms. The Kier molecular flexibility index (Phi) is 4.18. The summed E-state index contributed by atoms with van der Waals surface area (Å²) in [5.41, 5.74) is 5.11. The average molecular weight is 281 g/mol. The van der Waals surface area contributed by atoms with Gasteiger partial charge in [0.05, 0.1) is 5.69 Å². The van der Waals surface area contributed by atoms with Gasteiger partial charge >= 0.3 is 0 Å². The van der Waals surface area contributed by atoms with Gasteiger partial charge in [-0.05, 0) is 30.7 Å². The predicted molar refractivity (Wildman–Crippen MR) is 87.6 cm³/mol. The monoisotopic (exact) mass is 281 g/mol. The van der Waals surface area contributed by atoms with Gasteiger partial charge in [0.2, 0.25) is 0 Å². The molecular weight excluding hydrogens is 258 g/mol. The maximum absolute atomic E-state index is 4.63. The van der Waals surface area contributed by atoms with Crippen LogP contribution in [0.3, 0.4) is 0 Å². The number of hydrogen-bond acceptors (Lipinski definition) is 3. The van der Waals surface area contributed by atoms with Crippen molar-refractivity contribution in [1.29, 1.82) is 0 Å². The molecule has 1 aliphatic carbocycles. The molecule has 1 aromatic carbocycles. The molecule has 3 rings (SSSR count). The normalized spacial score (nSPS) is 14.8. The highest BCUT2D eigenvalue weighted by Crippen LogP contribution is 2.41. The number of aromatic nitrogens is 2. The molecule has 0 atom stereocenters. The molecule has 1 N–H and O–H groups in total. The summed E-state index contributed by atoms with van der Waals surface area (Å²) in [7, 11) is 1.93. The molecule has 1 saturated carbocycles. The van der Waals surface area contributed by atoms with E-state index >= 15 is 0 Å². The van der Waals surface area contributed by atoms with Gasteiger partial charge < -0.3 is 5.32 Å². The van der Waals surface area contributed by atoms with Gasteiger partial charge in [-0.25, -0.2) is 9.97 Å². The van der Waals surface area contributed by atoms with Gasteiger partial charge in [0.1, 0.15) is 12.1 Å². The van der Waals surface area contributed by atoms with Crippen molar-refractivity contribution >= 4 is 5.82 Å². The minimum absolute atomic E-state index is 0.712. The lowest BCUT2D eigenvalue weighted by atomic mass is 9.77. The Balaban J connectivity index is 2.11. The van der Waals surface area contributed by atoms with Crippen molar-refractivity contribution in [2.75, 3.05) is 12.4 Å². The van der Waals surface area contributed by atoms with Gasteiger partial charge in [-0.2, -0.15) is 0 Å². The first-order chi connectivity index (χ1) is 10.3. The minimum atomic E-state index is 0.712. The predicted octanol–water partition coefficient (Wildman–Crippen LogP) is 4.41. The summed E-state index contributed by atoms with van der Waals surface area (Å²) < 4.78 is 0. The van der Waals surface area contributed by atoms with Crippen molar-refractivity contribution in [1.82, 2.24) is 9.97 Å². The van der Waals surface area contributed by atoms with Crippen LogP contribution in [0.4, 0.5) is 5.82 Å². The fourth-order valence-electron chi connectivity index (χ4n) is 3.13. The largest absolute Gasteiger partial charge is 0.373 e. The van der Waals surface area contributed by atoms with Crippen molar-refractivity contribution < 1.29 is 0 Å². The van der Waals surface area contributed by atoms with E-state index in [0.717, 1.165) is 24.4 Å². The molecule has 0 bridgehead atoms. The van der Waals surface area contributed by atoms with Crippen LogP contribution in [0.2, 0.25) is 0 Å². The van der Waals surface area contributed by atoms with Gasteiger partial charge in [0.15, 0.2) is 0 Å². The third kappa shape index (κ3) is 2.65. The van der Waals surface area contributed by atoms with E-state index in [1.807, 2.05) is 7.05 Å². The summed E-state index contributed by atoms with van der Waals surface area (Å²) in [5.74, 6) is 1.67. The molecular formula is C18H23N3. The fraction of sp³-hybridized carbons (Fsp3) is 0.444. The van der Waals surface area contributed by atoms with E-state index in [0.29, 0.717) is 5.92 Å². The first kappa shape index (κ1) is 14.1. The molecule has 0 aliphatic heterocycles. The van der Waals surface area contributed by atoms with Gasteiger partial charge in [-0.15, -0.1) is 0 Å². The third-order valence-corrected chi connectivity index (χ3v) is 4.44. The summed E-state index contributed by atoms with van der Waals surface area (Å²) in [6.07, 6.45) is 7.75. The standard InChI is InChI=1S/C18H23N3/c1-3-7-16-17(20-12-21-18(16)19-2)15-11-5-4-10-14(15)13-8-6-9-13/h4-5,10-13H,3,6-9H2,1-2H3,(H,19,20,21). The zero-order valence-corrected chi connectivity index (χ0v) is 12.9. The number of benzene rings is 1. The minimum Gasteiger partial charge on any atom is -0.373 e. The fourth-order valence-corrected chi connectivity index (χ4v) is 3.13. The van der Waals surface area contributed by atoms with Crippen molar-refractivity contribution in [3.05, 3.63) is 41.7 Å². The van der Waals surface area contributed by atoms with Crippen molar-refractivity contribution in [2.45, 2.75) is 44.9 Å². The van der Waals surface area contributed by atoms with Crippen LogP contribution in [-0.2, 0) is 6.42 Å². The van der Waals surface area contributed by atoms with Gasteiger partial charge in [-0.1, -0.05) is 44.0 Å². The molecule has 0 amide bonds. The lowest BCUT2D eigenvalue weighted by molar-refractivity contribution is 0.420. The number of anilines is 1. The summed E-state index contributed by atoms with van der Waals surface area (Å²) in [4.78, 5) is 9.01. The molecule has 3 heteroatoms. The summed E-state index contributed by atoms with van der Waals surface area (Å²) in [6.45, 7) is 2.20. The number of hydrogen-bond donors (Lipinski definition) is 1. The Bertz CT molecular complexity index is 618. The first-order valence-corrected chi connectivity index (χ1v) is 7.96. The van der Waals surface area contributed by atoms with Crippen LogP contribution in [0, 0.1) is 0 Å². The lowest BCUT2D eigenvalue weighted by Crippen LogP contribution is -2.11. The van der Waals surface area contributed by atoms with Crippen LogP contribution in [0.5, 0.6) is 0 Å². The third-order valence-electron chi connectivity index (χ3n) is 4.44. The van der Waals surface area contributed by atoms with Gasteiger partial charge in [0.25, 0.3) is 0 Å². The van der Waals surface area contributed by atoms with Crippen LogP contribution < -0.4 is 5.32 Å². The van der Waals surface area contributed by atoms with E-state index in [1.165, 1.54) is 36.0 Å². The quantitative estimate of drug-likeness (QED) is 0.882. The zero-order valence-electron chi connectivity index (χ0n) is 12.9. The van der Waals surface area contributed by atoms with Gasteiger partial charge in [0, 0.05) is 18.2 Å². The number of nitrogens with one attached hydrogen (secondary N) is 1. The highest BCUT2D eigenvalue weighted by atomic mass is 15.0. The molecule has 110 valence electrons. The van der Waals surface area contributed by atoms with E-state index in [1.54, 1.807) is 6.33 Å². The van der Waals surface area contributed by atoms with E-state index in [4.69, 9.17) is 0 Å². The van der Waals surface area contributed by atoms with Crippen molar-refractivity contribution in [3.8, 4) is 11.3 Å². The van der Waals surface area contributed by atoms with Crippen molar-refractivity contribution in [2.24, 2.45) is 0 Å². The first-order valence-electron chi connectivity index (χ1n) is 7.96. The smallest absolute Gasteiger partial charge is 0.132 e. The lowest BCUT2D eigenvalue weighted by Gasteiger charge is -2.28. The molecule has 2 aromatic rings.